The van der Waals surface area contributed by atoms with E-state index in [4.69, 9.17) is 9.47 Å². The molecule has 1 aromatic rings. The summed E-state index contributed by atoms with van der Waals surface area (Å²) < 4.78 is 11.5. The first kappa shape index (κ1) is 16.4. The van der Waals surface area contributed by atoms with Crippen molar-refractivity contribution in [1.82, 2.24) is 4.90 Å². The minimum Gasteiger partial charge on any atom is -0.347 e. The summed E-state index contributed by atoms with van der Waals surface area (Å²) >= 11 is 0. The van der Waals surface area contributed by atoms with E-state index >= 15 is 0 Å². The van der Waals surface area contributed by atoms with E-state index in [1.54, 1.807) is 0 Å². The van der Waals surface area contributed by atoms with Crippen molar-refractivity contribution >= 4 is 11.6 Å². The van der Waals surface area contributed by atoms with Gasteiger partial charge in [0.15, 0.2) is 5.79 Å². The minimum absolute atomic E-state index is 0.0763. The highest BCUT2D eigenvalue weighted by Gasteiger charge is 2.39. The number of benzene rings is 1. The van der Waals surface area contributed by atoms with Crippen molar-refractivity contribution in [2.45, 2.75) is 38.9 Å². The zero-order valence-electron chi connectivity index (χ0n) is 14.1. The lowest BCUT2D eigenvalue weighted by atomic mass is 10.0. The summed E-state index contributed by atoms with van der Waals surface area (Å²) in [7, 11) is 0. The molecule has 2 heterocycles. The highest BCUT2D eigenvalue weighted by atomic mass is 16.7. The SMILES string of the molecule is Cc1ccc(C)c(NC(=O)CCN2CCC3(CC2)OCCO3)c1. The number of carbonyl (C=O) groups is 1. The normalized spacial score (nSPS) is 20.8. The third-order valence-electron chi connectivity index (χ3n) is 4.75. The molecular weight excluding hydrogens is 292 g/mol. The van der Waals surface area contributed by atoms with E-state index in [2.05, 4.69) is 16.3 Å². The highest BCUT2D eigenvalue weighted by Crippen LogP contribution is 2.31. The Bertz CT molecular complexity index is 557. The minimum atomic E-state index is -0.336. The van der Waals surface area contributed by atoms with Crippen molar-refractivity contribution in [1.29, 1.82) is 0 Å². The molecule has 0 saturated carbocycles. The molecule has 0 unspecified atom stereocenters. The Hall–Kier alpha value is -1.43. The van der Waals surface area contributed by atoms with Crippen molar-refractivity contribution in [3.05, 3.63) is 29.3 Å². The number of carbonyl (C=O) groups excluding carboxylic acids is 1. The fourth-order valence-electron chi connectivity index (χ4n) is 3.25. The average Bonchev–Trinajstić information content (AvgIpc) is 2.99. The number of likely N-dealkylation sites (tertiary alicyclic amines) is 1. The van der Waals surface area contributed by atoms with Gasteiger partial charge in [0.1, 0.15) is 0 Å². The highest BCUT2D eigenvalue weighted by molar-refractivity contribution is 5.91. The quantitative estimate of drug-likeness (QED) is 0.926. The molecule has 1 amide bonds. The molecule has 126 valence electrons. The predicted octanol–water partition coefficient (Wildman–Crippen LogP) is 2.47. The van der Waals surface area contributed by atoms with Gasteiger partial charge in [-0.15, -0.1) is 0 Å². The third-order valence-corrected chi connectivity index (χ3v) is 4.75. The van der Waals surface area contributed by atoms with Gasteiger partial charge >= 0.3 is 0 Å². The molecule has 0 bridgehead atoms. The van der Waals surface area contributed by atoms with E-state index < -0.39 is 0 Å². The second kappa shape index (κ2) is 6.99. The maximum Gasteiger partial charge on any atom is 0.225 e. The van der Waals surface area contributed by atoms with Crippen molar-refractivity contribution in [3.8, 4) is 0 Å². The number of nitrogens with zero attached hydrogens (tertiary/aromatic N) is 1. The van der Waals surface area contributed by atoms with Crippen LogP contribution in [0.25, 0.3) is 0 Å². The van der Waals surface area contributed by atoms with Crippen molar-refractivity contribution in [3.63, 3.8) is 0 Å². The van der Waals surface area contributed by atoms with Crippen LogP contribution in [0.5, 0.6) is 0 Å². The fourth-order valence-corrected chi connectivity index (χ4v) is 3.25. The Morgan fingerprint density at radius 3 is 2.61 bits per heavy atom. The maximum absolute atomic E-state index is 12.2. The molecule has 5 heteroatoms. The number of rotatable bonds is 4. The first-order chi connectivity index (χ1) is 11.1. The van der Waals surface area contributed by atoms with E-state index in [0.29, 0.717) is 19.6 Å². The van der Waals surface area contributed by atoms with Gasteiger partial charge < -0.3 is 19.7 Å². The number of piperidine rings is 1. The van der Waals surface area contributed by atoms with Gasteiger partial charge in [-0.05, 0) is 31.0 Å². The molecule has 2 aliphatic rings. The molecule has 0 aromatic heterocycles. The van der Waals surface area contributed by atoms with Crippen molar-refractivity contribution in [2.75, 3.05) is 38.2 Å². The fraction of sp³-hybridized carbons (Fsp3) is 0.611. The van der Waals surface area contributed by atoms with E-state index in [1.165, 1.54) is 0 Å². The number of aryl methyl sites for hydroxylation is 2. The van der Waals surface area contributed by atoms with Crippen molar-refractivity contribution < 1.29 is 14.3 Å². The van der Waals surface area contributed by atoms with Crippen molar-refractivity contribution in [2.24, 2.45) is 0 Å². The van der Waals surface area contributed by atoms with Gasteiger partial charge in [0.25, 0.3) is 0 Å². The van der Waals surface area contributed by atoms with Gasteiger partial charge in [-0.25, -0.2) is 0 Å². The molecule has 0 atom stereocenters. The molecule has 0 aliphatic carbocycles. The number of amides is 1. The van der Waals surface area contributed by atoms with E-state index in [-0.39, 0.29) is 11.7 Å². The van der Waals surface area contributed by atoms with Gasteiger partial charge in [0.2, 0.25) is 5.91 Å². The molecule has 2 fully saturated rings. The van der Waals surface area contributed by atoms with Gasteiger partial charge in [-0.3, -0.25) is 4.79 Å². The van der Waals surface area contributed by atoms with E-state index in [9.17, 15) is 4.79 Å². The third kappa shape index (κ3) is 4.10. The van der Waals surface area contributed by atoms with Crippen LogP contribution in [0.3, 0.4) is 0 Å². The van der Waals surface area contributed by atoms with Crippen LogP contribution in [0.2, 0.25) is 0 Å². The van der Waals surface area contributed by atoms with Gasteiger partial charge in [0, 0.05) is 44.6 Å². The molecule has 3 rings (SSSR count). The second-order valence-corrected chi connectivity index (χ2v) is 6.57. The number of hydrogen-bond acceptors (Lipinski definition) is 4. The molecule has 2 aliphatic heterocycles. The Labute approximate surface area is 137 Å². The standard InChI is InChI=1S/C18H26N2O3/c1-14-3-4-15(2)16(13-14)19-17(21)5-8-20-9-6-18(7-10-20)22-11-12-23-18/h3-4,13H,5-12H2,1-2H3,(H,19,21). The van der Waals surface area contributed by atoms with Gasteiger partial charge in [0.05, 0.1) is 13.2 Å². The Morgan fingerprint density at radius 2 is 1.91 bits per heavy atom. The molecule has 5 nitrogen and oxygen atoms in total. The van der Waals surface area contributed by atoms with Crippen LogP contribution in [-0.2, 0) is 14.3 Å². The molecule has 1 N–H and O–H groups in total. The zero-order valence-corrected chi connectivity index (χ0v) is 14.1. The lowest BCUT2D eigenvalue weighted by Gasteiger charge is -2.37. The first-order valence-electron chi connectivity index (χ1n) is 8.44. The van der Waals surface area contributed by atoms with Crippen LogP contribution in [0.15, 0.2) is 18.2 Å². The number of hydrogen-bond donors (Lipinski definition) is 1. The number of ether oxygens (including phenoxy) is 2. The Kier molecular flexibility index (Phi) is 4.99. The molecule has 23 heavy (non-hydrogen) atoms. The summed E-state index contributed by atoms with van der Waals surface area (Å²) in [5, 5.41) is 3.02. The summed E-state index contributed by atoms with van der Waals surface area (Å²) in [5.74, 6) is -0.260. The Balaban J connectivity index is 1.44. The summed E-state index contributed by atoms with van der Waals surface area (Å²) in [6.07, 6.45) is 2.30. The van der Waals surface area contributed by atoms with Gasteiger partial charge in [-0.2, -0.15) is 0 Å². The lowest BCUT2D eigenvalue weighted by Crippen LogP contribution is -2.45. The number of nitrogens with one attached hydrogen (secondary N) is 1. The number of anilines is 1. The maximum atomic E-state index is 12.2. The lowest BCUT2D eigenvalue weighted by molar-refractivity contribution is -0.185. The largest absolute Gasteiger partial charge is 0.347 e. The van der Waals surface area contributed by atoms with E-state index in [1.807, 2.05) is 26.0 Å². The topological polar surface area (TPSA) is 50.8 Å². The molecule has 0 radical (unpaired) electrons. The molecule has 1 spiro atoms. The summed E-state index contributed by atoms with van der Waals surface area (Å²) in [4.78, 5) is 14.5. The van der Waals surface area contributed by atoms with Crippen LogP contribution in [0.1, 0.15) is 30.4 Å². The van der Waals surface area contributed by atoms with Gasteiger partial charge in [-0.1, -0.05) is 12.1 Å². The Morgan fingerprint density at radius 1 is 1.22 bits per heavy atom. The van der Waals surface area contributed by atoms with Crippen LogP contribution in [-0.4, -0.2) is 49.4 Å². The van der Waals surface area contributed by atoms with Crippen LogP contribution < -0.4 is 5.32 Å². The summed E-state index contributed by atoms with van der Waals surface area (Å²) in [6.45, 7) is 8.10. The second-order valence-electron chi connectivity index (χ2n) is 6.57. The molecule has 1 aromatic carbocycles. The van der Waals surface area contributed by atoms with Crippen LogP contribution in [0.4, 0.5) is 5.69 Å². The first-order valence-corrected chi connectivity index (χ1v) is 8.44. The van der Waals surface area contributed by atoms with E-state index in [0.717, 1.165) is 49.3 Å². The monoisotopic (exact) mass is 318 g/mol. The summed E-state index contributed by atoms with van der Waals surface area (Å²) in [6, 6.07) is 6.12. The summed E-state index contributed by atoms with van der Waals surface area (Å²) in [5.41, 5.74) is 3.17. The average molecular weight is 318 g/mol. The van der Waals surface area contributed by atoms with Crippen LogP contribution >= 0.6 is 0 Å². The molecule has 2 saturated heterocycles. The molecular formula is C18H26N2O3. The predicted molar refractivity (Wildman–Crippen MR) is 89.5 cm³/mol. The zero-order chi connectivity index (χ0) is 16.3. The van der Waals surface area contributed by atoms with Crippen LogP contribution in [0, 0.1) is 13.8 Å². The smallest absolute Gasteiger partial charge is 0.225 e.